The van der Waals surface area contributed by atoms with E-state index in [1.165, 1.54) is 6.92 Å². The average molecular weight is 270 g/mol. The highest BCUT2D eigenvalue weighted by Gasteiger charge is 2.13. The van der Waals surface area contributed by atoms with Crippen LogP contribution in [0.4, 0.5) is 0 Å². The van der Waals surface area contributed by atoms with Crippen molar-refractivity contribution in [3.8, 4) is 17.2 Å². The average Bonchev–Trinajstić information content (AvgIpc) is 2.93. The van der Waals surface area contributed by atoms with E-state index in [2.05, 4.69) is 0 Å². The lowest BCUT2D eigenvalue weighted by molar-refractivity contribution is 0.101. The molecule has 1 aliphatic heterocycles. The number of carbonyl (C=O) groups excluding carboxylic acids is 1. The zero-order valence-electron chi connectivity index (χ0n) is 11.1. The SMILES string of the molecule is CC(=O)c1cccc(OCc2ccc3c(c2)OCO3)c1. The number of ether oxygens (including phenoxy) is 3. The normalized spacial score (nSPS) is 12.2. The Kier molecular flexibility index (Phi) is 3.29. The van der Waals surface area contributed by atoms with E-state index in [0.717, 1.165) is 17.1 Å². The highest BCUT2D eigenvalue weighted by molar-refractivity contribution is 5.94. The molecule has 0 amide bonds. The Morgan fingerprint density at radius 2 is 2.00 bits per heavy atom. The molecule has 0 spiro atoms. The molecule has 0 unspecified atom stereocenters. The van der Waals surface area contributed by atoms with Gasteiger partial charge in [-0.2, -0.15) is 0 Å². The number of Topliss-reactive ketones (excluding diaryl/α,β-unsaturated/α-hetero) is 1. The first-order valence-corrected chi connectivity index (χ1v) is 6.35. The smallest absolute Gasteiger partial charge is 0.231 e. The van der Waals surface area contributed by atoms with Crippen LogP contribution in [0, 0.1) is 0 Å². The monoisotopic (exact) mass is 270 g/mol. The van der Waals surface area contributed by atoms with Crippen LogP contribution in [-0.2, 0) is 6.61 Å². The van der Waals surface area contributed by atoms with Crippen LogP contribution in [0.2, 0.25) is 0 Å². The van der Waals surface area contributed by atoms with Gasteiger partial charge in [0.2, 0.25) is 6.79 Å². The number of hydrogen-bond donors (Lipinski definition) is 0. The van der Waals surface area contributed by atoms with Gasteiger partial charge in [0.05, 0.1) is 0 Å². The molecule has 4 heteroatoms. The minimum atomic E-state index is 0.0264. The summed E-state index contributed by atoms with van der Waals surface area (Å²) in [7, 11) is 0. The molecule has 2 aromatic rings. The second kappa shape index (κ2) is 5.25. The van der Waals surface area contributed by atoms with Crippen molar-refractivity contribution < 1.29 is 19.0 Å². The van der Waals surface area contributed by atoms with Gasteiger partial charge in [-0.25, -0.2) is 0 Å². The number of ketones is 1. The van der Waals surface area contributed by atoms with Gasteiger partial charge in [-0.1, -0.05) is 18.2 Å². The molecule has 102 valence electrons. The van der Waals surface area contributed by atoms with Crippen molar-refractivity contribution in [2.75, 3.05) is 6.79 Å². The number of carbonyl (C=O) groups is 1. The molecule has 4 nitrogen and oxygen atoms in total. The summed E-state index contributed by atoms with van der Waals surface area (Å²) < 4.78 is 16.3. The molecule has 0 atom stereocenters. The summed E-state index contributed by atoms with van der Waals surface area (Å²) in [6, 6.07) is 12.9. The van der Waals surface area contributed by atoms with Gasteiger partial charge in [0.25, 0.3) is 0 Å². The molecular formula is C16H14O4. The van der Waals surface area contributed by atoms with E-state index < -0.39 is 0 Å². The van der Waals surface area contributed by atoms with Gasteiger partial charge in [0.1, 0.15) is 12.4 Å². The maximum absolute atomic E-state index is 11.3. The Hall–Kier alpha value is -2.49. The summed E-state index contributed by atoms with van der Waals surface area (Å²) in [6.45, 7) is 2.22. The first-order chi connectivity index (χ1) is 9.72. The van der Waals surface area contributed by atoms with E-state index in [0.29, 0.717) is 17.9 Å². The number of rotatable bonds is 4. The Morgan fingerprint density at radius 3 is 2.85 bits per heavy atom. The largest absolute Gasteiger partial charge is 0.489 e. The summed E-state index contributed by atoms with van der Waals surface area (Å²) in [6.07, 6.45) is 0. The first kappa shape index (κ1) is 12.5. The lowest BCUT2D eigenvalue weighted by Crippen LogP contribution is -1.97. The van der Waals surface area contributed by atoms with Crippen LogP contribution >= 0.6 is 0 Å². The van der Waals surface area contributed by atoms with Crippen molar-refractivity contribution in [1.29, 1.82) is 0 Å². The van der Waals surface area contributed by atoms with Gasteiger partial charge in [-0.15, -0.1) is 0 Å². The molecule has 20 heavy (non-hydrogen) atoms. The third-order valence-electron chi connectivity index (χ3n) is 3.08. The lowest BCUT2D eigenvalue weighted by Gasteiger charge is -2.08. The maximum atomic E-state index is 11.3. The van der Waals surface area contributed by atoms with Gasteiger partial charge in [-0.05, 0) is 36.8 Å². The van der Waals surface area contributed by atoms with Crippen molar-refractivity contribution in [3.05, 3.63) is 53.6 Å². The fourth-order valence-corrected chi connectivity index (χ4v) is 2.00. The van der Waals surface area contributed by atoms with Gasteiger partial charge in [0.15, 0.2) is 17.3 Å². The van der Waals surface area contributed by atoms with Crippen molar-refractivity contribution in [1.82, 2.24) is 0 Å². The maximum Gasteiger partial charge on any atom is 0.231 e. The Labute approximate surface area is 116 Å². The van der Waals surface area contributed by atoms with Crippen molar-refractivity contribution in [2.45, 2.75) is 13.5 Å². The fraction of sp³-hybridized carbons (Fsp3) is 0.188. The second-order valence-electron chi connectivity index (χ2n) is 4.56. The highest BCUT2D eigenvalue weighted by Crippen LogP contribution is 2.32. The van der Waals surface area contributed by atoms with E-state index in [9.17, 15) is 4.79 Å². The molecule has 3 rings (SSSR count). The molecule has 0 fully saturated rings. The molecule has 1 heterocycles. The molecule has 0 saturated heterocycles. The van der Waals surface area contributed by atoms with E-state index >= 15 is 0 Å². The lowest BCUT2D eigenvalue weighted by atomic mass is 10.1. The second-order valence-corrected chi connectivity index (χ2v) is 4.56. The van der Waals surface area contributed by atoms with Crippen molar-refractivity contribution in [2.24, 2.45) is 0 Å². The topological polar surface area (TPSA) is 44.8 Å². The summed E-state index contributed by atoms with van der Waals surface area (Å²) in [5.41, 5.74) is 1.63. The Balaban J connectivity index is 1.70. The van der Waals surface area contributed by atoms with E-state index in [-0.39, 0.29) is 12.6 Å². The number of hydrogen-bond acceptors (Lipinski definition) is 4. The van der Waals surface area contributed by atoms with Crippen LogP contribution in [0.25, 0.3) is 0 Å². The standard InChI is InChI=1S/C16H14O4/c1-11(17)13-3-2-4-14(8-13)18-9-12-5-6-15-16(7-12)20-10-19-15/h2-8H,9-10H2,1H3. The Morgan fingerprint density at radius 1 is 1.15 bits per heavy atom. The van der Waals surface area contributed by atoms with Crippen LogP contribution in [0.15, 0.2) is 42.5 Å². The molecule has 1 aliphatic rings. The molecule has 0 radical (unpaired) electrons. The molecule has 0 aromatic heterocycles. The minimum Gasteiger partial charge on any atom is -0.489 e. The zero-order valence-corrected chi connectivity index (χ0v) is 11.1. The third-order valence-corrected chi connectivity index (χ3v) is 3.08. The molecule has 0 bridgehead atoms. The van der Waals surface area contributed by atoms with Crippen LogP contribution in [0.5, 0.6) is 17.2 Å². The molecule has 0 N–H and O–H groups in total. The van der Waals surface area contributed by atoms with Gasteiger partial charge < -0.3 is 14.2 Å². The van der Waals surface area contributed by atoms with Crippen molar-refractivity contribution in [3.63, 3.8) is 0 Å². The number of fused-ring (bicyclic) bond motifs is 1. The summed E-state index contributed by atoms with van der Waals surface area (Å²) in [5.74, 6) is 2.20. The quantitative estimate of drug-likeness (QED) is 0.800. The molecule has 2 aromatic carbocycles. The predicted octanol–water partition coefficient (Wildman–Crippen LogP) is 3.20. The van der Waals surface area contributed by atoms with Crippen LogP contribution in [0.1, 0.15) is 22.8 Å². The minimum absolute atomic E-state index is 0.0264. The van der Waals surface area contributed by atoms with E-state index in [1.54, 1.807) is 12.1 Å². The van der Waals surface area contributed by atoms with Gasteiger partial charge in [0, 0.05) is 5.56 Å². The van der Waals surface area contributed by atoms with Gasteiger partial charge in [-0.3, -0.25) is 4.79 Å². The number of benzene rings is 2. The van der Waals surface area contributed by atoms with Crippen LogP contribution in [-0.4, -0.2) is 12.6 Å². The summed E-state index contributed by atoms with van der Waals surface area (Å²) in [5, 5.41) is 0. The fourth-order valence-electron chi connectivity index (χ4n) is 2.00. The highest BCUT2D eigenvalue weighted by atomic mass is 16.7. The van der Waals surface area contributed by atoms with Crippen LogP contribution < -0.4 is 14.2 Å². The predicted molar refractivity (Wildman–Crippen MR) is 73.3 cm³/mol. The zero-order chi connectivity index (χ0) is 13.9. The Bertz CT molecular complexity index is 649. The summed E-state index contributed by atoms with van der Waals surface area (Å²) >= 11 is 0. The van der Waals surface area contributed by atoms with Crippen LogP contribution in [0.3, 0.4) is 0 Å². The third kappa shape index (κ3) is 2.59. The van der Waals surface area contributed by atoms with Crippen molar-refractivity contribution >= 4 is 5.78 Å². The summed E-state index contributed by atoms with van der Waals surface area (Å²) in [4.78, 5) is 11.3. The molecular weight excluding hydrogens is 256 g/mol. The molecule has 0 aliphatic carbocycles. The van der Waals surface area contributed by atoms with E-state index in [1.807, 2.05) is 30.3 Å². The van der Waals surface area contributed by atoms with E-state index in [4.69, 9.17) is 14.2 Å². The van der Waals surface area contributed by atoms with Gasteiger partial charge >= 0.3 is 0 Å². The first-order valence-electron chi connectivity index (χ1n) is 6.35. The molecule has 0 saturated carbocycles.